The second-order valence-electron chi connectivity index (χ2n) is 8.15. The molecule has 0 saturated heterocycles. The van der Waals surface area contributed by atoms with Gasteiger partial charge in [0.1, 0.15) is 5.75 Å². The number of rotatable bonds is 20. The Morgan fingerprint density at radius 3 is 1.57 bits per heavy atom. The third-order valence-electron chi connectivity index (χ3n) is 5.15. The summed E-state index contributed by atoms with van der Waals surface area (Å²) in [5, 5.41) is 55.9. The van der Waals surface area contributed by atoms with Gasteiger partial charge in [0.05, 0.1) is 36.5 Å². The molecule has 1 aromatic carbocycles. The number of hydrogen-bond donors (Lipinski definition) is 0. The Kier molecular flexibility index (Phi) is 13.6. The van der Waals surface area contributed by atoms with Crippen molar-refractivity contribution in [3.63, 3.8) is 0 Å². The average molecular weight is 522 g/mol. The Morgan fingerprint density at radius 2 is 1.14 bits per heavy atom. The number of benzene rings is 1. The van der Waals surface area contributed by atoms with Gasteiger partial charge in [-0.3, -0.25) is 14.7 Å². The van der Waals surface area contributed by atoms with Crippen LogP contribution in [0.2, 0.25) is 0 Å². The lowest BCUT2D eigenvalue weighted by Gasteiger charge is -2.37. The van der Waals surface area contributed by atoms with Crippen molar-refractivity contribution in [3.8, 4) is 5.75 Å². The topological polar surface area (TPSA) is 220 Å². The quantitative estimate of drug-likeness (QED) is 0.155. The highest BCUT2D eigenvalue weighted by atomic mass is 16.5. The van der Waals surface area contributed by atoms with Gasteiger partial charge >= 0.3 is 0 Å². The minimum atomic E-state index is -1.57. The molecule has 0 fully saturated rings. The fraction of sp³-hybridized carbons (Fsp3) is 0.522. The van der Waals surface area contributed by atoms with Crippen LogP contribution < -0.4 is 30.3 Å². The van der Waals surface area contributed by atoms with Crippen LogP contribution in [-0.2, 0) is 30.4 Å². The van der Waals surface area contributed by atoms with E-state index in [1.54, 1.807) is 31.2 Å². The van der Waals surface area contributed by atoms with Gasteiger partial charge in [0.15, 0.2) is 0 Å². The number of carbonyl (C=O) groups excluding carboxylic acids is 5. The van der Waals surface area contributed by atoms with Crippen LogP contribution in [0.25, 0.3) is 0 Å². The first kappa shape index (κ1) is 31.3. The highest BCUT2D eigenvalue weighted by Gasteiger charge is 2.23. The zero-order valence-corrected chi connectivity index (χ0v) is 20.3. The molecule has 0 bridgehead atoms. The molecule has 1 aromatic rings. The SMILES string of the molecule is CCOc1ccc(C[C@@H](CN(CCN(CC(=O)[O-])CC(=O)[O-])CC(=O)[O-])N(CC(=O)[O-])CC(=O)[O-])cc1. The van der Waals surface area contributed by atoms with Crippen LogP contribution in [0.1, 0.15) is 12.5 Å². The van der Waals surface area contributed by atoms with Crippen LogP contribution in [0.3, 0.4) is 0 Å². The largest absolute Gasteiger partial charge is 0.549 e. The van der Waals surface area contributed by atoms with E-state index < -0.39 is 68.6 Å². The lowest BCUT2D eigenvalue weighted by molar-refractivity contribution is -0.313. The first-order valence-electron chi connectivity index (χ1n) is 11.3. The van der Waals surface area contributed by atoms with E-state index in [0.717, 1.165) is 9.80 Å². The summed E-state index contributed by atoms with van der Waals surface area (Å²) in [6.45, 7) is -2.18. The molecule has 14 nitrogen and oxygen atoms in total. The van der Waals surface area contributed by atoms with E-state index in [9.17, 15) is 49.5 Å². The zero-order chi connectivity index (χ0) is 28.0. The summed E-state index contributed by atoms with van der Waals surface area (Å²) in [4.78, 5) is 59.1. The molecule has 0 amide bonds. The van der Waals surface area contributed by atoms with Gasteiger partial charge in [-0.25, -0.2) is 0 Å². The average Bonchev–Trinajstić information content (AvgIpc) is 2.76. The van der Waals surface area contributed by atoms with Crippen LogP contribution in [0.5, 0.6) is 5.75 Å². The van der Waals surface area contributed by atoms with Crippen LogP contribution in [0, 0.1) is 0 Å². The fourth-order valence-electron chi connectivity index (χ4n) is 3.69. The molecular weight excluding hydrogens is 494 g/mol. The summed E-state index contributed by atoms with van der Waals surface area (Å²) in [5.74, 6) is -7.21. The van der Waals surface area contributed by atoms with Gasteiger partial charge in [-0.2, -0.15) is 0 Å². The normalized spacial score (nSPS) is 12.0. The molecule has 0 saturated carbocycles. The summed E-state index contributed by atoms with van der Waals surface area (Å²) in [5.41, 5.74) is 0.652. The van der Waals surface area contributed by atoms with Crippen molar-refractivity contribution < 1.29 is 54.2 Å². The van der Waals surface area contributed by atoms with E-state index in [1.165, 1.54) is 4.90 Å². The second kappa shape index (κ2) is 16.1. The number of carbonyl (C=O) groups is 5. The molecule has 0 heterocycles. The molecular formula is C23H28N3O11-5. The highest BCUT2D eigenvalue weighted by Crippen LogP contribution is 2.16. The molecule has 0 spiro atoms. The van der Waals surface area contributed by atoms with Crippen molar-refractivity contribution in [1.29, 1.82) is 0 Å². The lowest BCUT2D eigenvalue weighted by Crippen LogP contribution is -2.55. The smallest absolute Gasteiger partial charge is 0.119 e. The fourth-order valence-corrected chi connectivity index (χ4v) is 3.69. The van der Waals surface area contributed by atoms with E-state index in [0.29, 0.717) is 17.9 Å². The molecule has 37 heavy (non-hydrogen) atoms. The molecule has 0 aliphatic heterocycles. The first-order valence-corrected chi connectivity index (χ1v) is 11.3. The van der Waals surface area contributed by atoms with Crippen LogP contribution in [0.15, 0.2) is 24.3 Å². The minimum Gasteiger partial charge on any atom is -0.549 e. The molecule has 1 rings (SSSR count). The highest BCUT2D eigenvalue weighted by molar-refractivity contribution is 5.71. The third kappa shape index (κ3) is 13.8. The summed E-state index contributed by atoms with van der Waals surface area (Å²) in [6.07, 6.45) is 0.0817. The van der Waals surface area contributed by atoms with E-state index in [2.05, 4.69) is 0 Å². The van der Waals surface area contributed by atoms with Crippen LogP contribution in [0.4, 0.5) is 0 Å². The van der Waals surface area contributed by atoms with Crippen molar-refractivity contribution in [2.45, 2.75) is 19.4 Å². The van der Waals surface area contributed by atoms with E-state index in [-0.39, 0.29) is 26.1 Å². The Hall–Kier alpha value is -3.75. The third-order valence-corrected chi connectivity index (χ3v) is 5.15. The van der Waals surface area contributed by atoms with Crippen molar-refractivity contribution in [3.05, 3.63) is 29.8 Å². The Balaban J connectivity index is 3.21. The molecule has 0 aliphatic rings. The summed E-state index contributed by atoms with van der Waals surface area (Å²) >= 11 is 0. The van der Waals surface area contributed by atoms with E-state index in [4.69, 9.17) is 4.74 Å². The number of nitrogens with zero attached hydrogens (tertiary/aromatic N) is 3. The van der Waals surface area contributed by atoms with Gasteiger partial charge in [-0.1, -0.05) is 12.1 Å². The van der Waals surface area contributed by atoms with Crippen molar-refractivity contribution in [2.24, 2.45) is 0 Å². The standard InChI is InChI=1S/C23H33N3O11/c1-2-37-18-5-3-16(4-6-18)9-17(26(14-22(33)34)15-23(35)36)10-24(11-19(27)28)7-8-25(12-20(29)30)13-21(31)32/h3-6,17H,2,7-15H2,1H3,(H,27,28)(H,29,30)(H,31,32)(H,33,34)(H,35,36)/p-5/t17-/m0/s1. The Bertz CT molecular complexity index is 891. The van der Waals surface area contributed by atoms with E-state index >= 15 is 0 Å². The molecule has 206 valence electrons. The summed E-state index contributed by atoms with van der Waals surface area (Å²) in [7, 11) is 0. The predicted octanol–water partition coefficient (Wildman–Crippen LogP) is -7.35. The summed E-state index contributed by atoms with van der Waals surface area (Å²) < 4.78 is 5.38. The van der Waals surface area contributed by atoms with Crippen LogP contribution >= 0.6 is 0 Å². The van der Waals surface area contributed by atoms with Crippen LogP contribution in [-0.4, -0.2) is 110 Å². The predicted molar refractivity (Wildman–Crippen MR) is 115 cm³/mol. The van der Waals surface area contributed by atoms with Gasteiger partial charge < -0.3 is 54.2 Å². The van der Waals surface area contributed by atoms with Gasteiger partial charge in [0.2, 0.25) is 0 Å². The van der Waals surface area contributed by atoms with Gasteiger partial charge in [0, 0.05) is 58.4 Å². The number of carboxylic acids is 5. The maximum absolute atomic E-state index is 11.4. The number of ether oxygens (including phenoxy) is 1. The Morgan fingerprint density at radius 1 is 0.703 bits per heavy atom. The van der Waals surface area contributed by atoms with Gasteiger partial charge in [-0.15, -0.1) is 0 Å². The molecule has 1 atom stereocenters. The Labute approximate surface area is 213 Å². The number of hydrogen-bond acceptors (Lipinski definition) is 14. The van der Waals surface area contributed by atoms with Crippen molar-refractivity contribution in [1.82, 2.24) is 14.7 Å². The monoisotopic (exact) mass is 522 g/mol. The zero-order valence-electron chi connectivity index (χ0n) is 20.3. The van der Waals surface area contributed by atoms with Crippen molar-refractivity contribution >= 4 is 29.8 Å². The number of carboxylic acid groups (broad SMARTS) is 5. The molecule has 0 N–H and O–H groups in total. The second-order valence-corrected chi connectivity index (χ2v) is 8.15. The van der Waals surface area contributed by atoms with Gasteiger partial charge in [0.25, 0.3) is 0 Å². The summed E-state index contributed by atoms with van der Waals surface area (Å²) in [6, 6.07) is 5.80. The molecule has 0 aromatic heterocycles. The maximum atomic E-state index is 11.4. The number of aliphatic carboxylic acids is 5. The molecule has 0 unspecified atom stereocenters. The lowest BCUT2D eigenvalue weighted by atomic mass is 10.0. The molecule has 0 radical (unpaired) electrons. The van der Waals surface area contributed by atoms with Gasteiger partial charge in [-0.05, 0) is 31.0 Å². The van der Waals surface area contributed by atoms with Crippen molar-refractivity contribution in [2.75, 3.05) is 59.0 Å². The maximum Gasteiger partial charge on any atom is 0.119 e. The first-order chi connectivity index (χ1) is 17.4. The van der Waals surface area contributed by atoms with E-state index in [1.807, 2.05) is 0 Å². The molecule has 14 heteroatoms. The molecule has 0 aliphatic carbocycles. The minimum absolute atomic E-state index is 0.0817.